The molecule has 0 saturated carbocycles. The highest BCUT2D eigenvalue weighted by Crippen LogP contribution is 2.23. The number of hydrogen-bond acceptors (Lipinski definition) is 4. The van der Waals surface area contributed by atoms with Crippen LogP contribution < -0.4 is 0 Å². The molecule has 0 bridgehead atoms. The van der Waals surface area contributed by atoms with Gasteiger partial charge in [0.25, 0.3) is 0 Å². The Morgan fingerprint density at radius 2 is 2.05 bits per heavy atom. The van der Waals surface area contributed by atoms with E-state index in [-0.39, 0.29) is 6.61 Å². The second kappa shape index (κ2) is 5.67. The summed E-state index contributed by atoms with van der Waals surface area (Å²) < 4.78 is 6.39. The standard InChI is InChI=1S/C14H16N2O3/c1-16-8-12(7-15-16)10-3-5-11(6-4-10)13(9-17)14(18)19-2/h3-8,13,17H,9H2,1-2H3. The van der Waals surface area contributed by atoms with Crippen LogP contribution >= 0.6 is 0 Å². The molecule has 0 spiro atoms. The number of aromatic nitrogens is 2. The number of carbonyl (C=O) groups is 1. The lowest BCUT2D eigenvalue weighted by Gasteiger charge is -2.12. The van der Waals surface area contributed by atoms with Crippen LogP contribution in [0.4, 0.5) is 0 Å². The molecule has 0 saturated heterocycles. The molecule has 0 aliphatic carbocycles. The van der Waals surface area contributed by atoms with Crippen molar-refractivity contribution in [1.82, 2.24) is 9.78 Å². The van der Waals surface area contributed by atoms with Crippen LogP contribution in [0.5, 0.6) is 0 Å². The number of aliphatic hydroxyl groups is 1. The summed E-state index contributed by atoms with van der Waals surface area (Å²) >= 11 is 0. The average molecular weight is 260 g/mol. The number of nitrogens with zero attached hydrogens (tertiary/aromatic N) is 2. The maximum absolute atomic E-state index is 11.5. The van der Waals surface area contributed by atoms with Crippen LogP contribution in [0.2, 0.25) is 0 Å². The second-order valence-electron chi connectivity index (χ2n) is 4.28. The number of aryl methyl sites for hydroxylation is 1. The lowest BCUT2D eigenvalue weighted by Crippen LogP contribution is -2.17. The Bertz CT molecular complexity index is 560. The first kappa shape index (κ1) is 13.3. The van der Waals surface area contributed by atoms with E-state index in [1.165, 1.54) is 7.11 Å². The highest BCUT2D eigenvalue weighted by atomic mass is 16.5. The molecule has 1 atom stereocenters. The van der Waals surface area contributed by atoms with Crippen molar-refractivity contribution in [1.29, 1.82) is 0 Å². The Morgan fingerprint density at radius 3 is 2.53 bits per heavy atom. The Balaban J connectivity index is 2.25. The summed E-state index contributed by atoms with van der Waals surface area (Å²) in [5.41, 5.74) is 2.76. The first-order valence-corrected chi connectivity index (χ1v) is 5.93. The van der Waals surface area contributed by atoms with Gasteiger partial charge in [-0.3, -0.25) is 9.48 Å². The van der Waals surface area contributed by atoms with Crippen molar-refractivity contribution in [3.05, 3.63) is 42.2 Å². The summed E-state index contributed by atoms with van der Waals surface area (Å²) in [5, 5.41) is 13.4. The third-order valence-electron chi connectivity index (χ3n) is 3.02. The Hall–Kier alpha value is -2.14. The van der Waals surface area contributed by atoms with Crippen LogP contribution in [0.1, 0.15) is 11.5 Å². The van der Waals surface area contributed by atoms with Gasteiger partial charge in [0.2, 0.25) is 0 Å². The molecule has 0 radical (unpaired) electrons. The molecule has 1 heterocycles. The third kappa shape index (κ3) is 2.82. The predicted octanol–water partition coefficient (Wildman–Crippen LogP) is 1.34. The van der Waals surface area contributed by atoms with Crippen molar-refractivity contribution < 1.29 is 14.6 Å². The van der Waals surface area contributed by atoms with Gasteiger partial charge in [-0.05, 0) is 11.1 Å². The number of esters is 1. The van der Waals surface area contributed by atoms with E-state index in [1.54, 1.807) is 10.9 Å². The van der Waals surface area contributed by atoms with Gasteiger partial charge in [0, 0.05) is 18.8 Å². The number of aliphatic hydroxyl groups excluding tert-OH is 1. The van der Waals surface area contributed by atoms with Gasteiger partial charge in [-0.2, -0.15) is 5.10 Å². The molecule has 1 unspecified atom stereocenters. The zero-order valence-corrected chi connectivity index (χ0v) is 10.9. The van der Waals surface area contributed by atoms with Crippen molar-refractivity contribution in [3.63, 3.8) is 0 Å². The van der Waals surface area contributed by atoms with Crippen LogP contribution in [-0.2, 0) is 16.6 Å². The summed E-state index contributed by atoms with van der Waals surface area (Å²) in [6.45, 7) is -0.265. The average Bonchev–Trinajstić information content (AvgIpc) is 2.87. The molecule has 0 aliphatic heterocycles. The van der Waals surface area contributed by atoms with Crippen LogP contribution in [0.25, 0.3) is 11.1 Å². The molecule has 2 aromatic rings. The molecule has 5 nitrogen and oxygen atoms in total. The van der Waals surface area contributed by atoms with E-state index in [2.05, 4.69) is 9.84 Å². The van der Waals surface area contributed by atoms with Gasteiger partial charge in [0.1, 0.15) is 5.92 Å². The zero-order chi connectivity index (χ0) is 13.8. The van der Waals surface area contributed by atoms with E-state index in [0.29, 0.717) is 0 Å². The molecule has 0 aliphatic rings. The number of rotatable bonds is 4. The Labute approximate surface area is 111 Å². The quantitative estimate of drug-likeness (QED) is 0.842. The fraction of sp³-hybridized carbons (Fsp3) is 0.286. The lowest BCUT2D eigenvalue weighted by molar-refractivity contribution is -0.143. The van der Waals surface area contributed by atoms with E-state index >= 15 is 0 Å². The van der Waals surface area contributed by atoms with Crippen molar-refractivity contribution in [2.75, 3.05) is 13.7 Å². The van der Waals surface area contributed by atoms with Crippen LogP contribution in [0, 0.1) is 0 Å². The smallest absolute Gasteiger partial charge is 0.315 e. The Kier molecular flexibility index (Phi) is 3.97. The van der Waals surface area contributed by atoms with Gasteiger partial charge >= 0.3 is 5.97 Å². The van der Waals surface area contributed by atoms with Gasteiger partial charge in [-0.25, -0.2) is 0 Å². The molecule has 0 fully saturated rings. The summed E-state index contributed by atoms with van der Waals surface area (Å²) in [4.78, 5) is 11.5. The maximum atomic E-state index is 11.5. The molecular formula is C14H16N2O3. The van der Waals surface area contributed by atoms with Gasteiger partial charge in [0.05, 0.1) is 19.9 Å². The van der Waals surface area contributed by atoms with Crippen molar-refractivity contribution >= 4 is 5.97 Å². The van der Waals surface area contributed by atoms with Crippen molar-refractivity contribution in [2.24, 2.45) is 7.05 Å². The molecule has 100 valence electrons. The highest BCUT2D eigenvalue weighted by molar-refractivity contribution is 5.78. The topological polar surface area (TPSA) is 64.3 Å². The fourth-order valence-electron chi connectivity index (χ4n) is 1.94. The van der Waals surface area contributed by atoms with Crippen molar-refractivity contribution in [3.8, 4) is 11.1 Å². The van der Waals surface area contributed by atoms with Crippen LogP contribution in [0.3, 0.4) is 0 Å². The van der Waals surface area contributed by atoms with Crippen LogP contribution in [-0.4, -0.2) is 34.6 Å². The summed E-state index contributed by atoms with van der Waals surface area (Å²) in [5.74, 6) is -1.07. The number of carbonyl (C=O) groups excluding carboxylic acids is 1. The second-order valence-corrected chi connectivity index (χ2v) is 4.28. The highest BCUT2D eigenvalue weighted by Gasteiger charge is 2.20. The van der Waals surface area contributed by atoms with Gasteiger partial charge in [-0.1, -0.05) is 24.3 Å². The Morgan fingerprint density at radius 1 is 1.37 bits per heavy atom. The predicted molar refractivity (Wildman–Crippen MR) is 70.5 cm³/mol. The summed E-state index contributed by atoms with van der Waals surface area (Å²) in [6.07, 6.45) is 3.69. The largest absolute Gasteiger partial charge is 0.468 e. The minimum atomic E-state index is -0.632. The summed E-state index contributed by atoms with van der Waals surface area (Å²) in [7, 11) is 3.17. The van der Waals surface area contributed by atoms with E-state index in [0.717, 1.165) is 16.7 Å². The minimum Gasteiger partial charge on any atom is -0.468 e. The van der Waals surface area contributed by atoms with Gasteiger partial charge in [0.15, 0.2) is 0 Å². The van der Waals surface area contributed by atoms with E-state index in [9.17, 15) is 9.90 Å². The molecule has 0 amide bonds. The van der Waals surface area contributed by atoms with Crippen LogP contribution in [0.15, 0.2) is 36.7 Å². The monoisotopic (exact) mass is 260 g/mol. The third-order valence-corrected chi connectivity index (χ3v) is 3.02. The molecule has 1 aromatic carbocycles. The van der Waals surface area contributed by atoms with E-state index in [1.807, 2.05) is 37.5 Å². The van der Waals surface area contributed by atoms with E-state index in [4.69, 9.17) is 0 Å². The maximum Gasteiger partial charge on any atom is 0.315 e. The number of hydrogen-bond donors (Lipinski definition) is 1. The SMILES string of the molecule is COC(=O)C(CO)c1ccc(-c2cnn(C)c2)cc1. The lowest BCUT2D eigenvalue weighted by atomic mass is 9.98. The molecule has 19 heavy (non-hydrogen) atoms. The van der Waals surface area contributed by atoms with Crippen molar-refractivity contribution in [2.45, 2.75) is 5.92 Å². The van der Waals surface area contributed by atoms with E-state index < -0.39 is 11.9 Å². The normalized spacial score (nSPS) is 12.2. The molecule has 5 heteroatoms. The first-order chi connectivity index (χ1) is 9.15. The fourth-order valence-corrected chi connectivity index (χ4v) is 1.94. The number of benzene rings is 1. The molecule has 1 N–H and O–H groups in total. The molecule has 2 rings (SSSR count). The minimum absolute atomic E-state index is 0.265. The molecule has 1 aromatic heterocycles. The zero-order valence-electron chi connectivity index (χ0n) is 10.9. The molecular weight excluding hydrogens is 244 g/mol. The summed E-state index contributed by atoms with van der Waals surface area (Å²) in [6, 6.07) is 7.44. The van der Waals surface area contributed by atoms with Gasteiger partial charge < -0.3 is 9.84 Å². The number of ether oxygens (including phenoxy) is 1. The number of methoxy groups -OCH3 is 1. The van der Waals surface area contributed by atoms with Gasteiger partial charge in [-0.15, -0.1) is 0 Å². The first-order valence-electron chi connectivity index (χ1n) is 5.93.